The molecule has 0 saturated carbocycles. The molecule has 4 heterocycles. The number of nitrogens with zero attached hydrogens (tertiary/aromatic N) is 5. The first-order valence-corrected chi connectivity index (χ1v) is 12.4. The summed E-state index contributed by atoms with van der Waals surface area (Å²) >= 11 is 0. The molecule has 4 aromatic rings. The topological polar surface area (TPSA) is 117 Å². The fraction of sp³-hybridized carbons (Fsp3) is 0.321. The van der Waals surface area contributed by atoms with Gasteiger partial charge in [-0.1, -0.05) is 29.4 Å². The number of pyridine rings is 2. The van der Waals surface area contributed by atoms with E-state index in [0.29, 0.717) is 29.5 Å². The Balaban J connectivity index is 1.14. The monoisotopic (exact) mass is 498 g/mol. The number of amides is 1. The molecule has 9 heteroatoms. The van der Waals surface area contributed by atoms with Crippen molar-refractivity contribution in [3.05, 3.63) is 95.3 Å². The van der Waals surface area contributed by atoms with Crippen LogP contribution in [0.1, 0.15) is 51.9 Å². The van der Waals surface area contributed by atoms with Gasteiger partial charge in [0, 0.05) is 62.3 Å². The van der Waals surface area contributed by atoms with Crippen molar-refractivity contribution in [1.29, 1.82) is 0 Å². The van der Waals surface area contributed by atoms with Gasteiger partial charge < -0.3 is 19.8 Å². The summed E-state index contributed by atoms with van der Waals surface area (Å²) in [6.45, 7) is 2.24. The summed E-state index contributed by atoms with van der Waals surface area (Å²) in [5, 5.41) is 18.4. The lowest BCUT2D eigenvalue weighted by Gasteiger charge is -2.20. The smallest absolute Gasteiger partial charge is 0.253 e. The Labute approximate surface area is 215 Å². The van der Waals surface area contributed by atoms with E-state index in [4.69, 9.17) is 4.52 Å². The highest BCUT2D eigenvalue weighted by atomic mass is 16.5. The maximum absolute atomic E-state index is 12.8. The molecule has 0 spiro atoms. The van der Waals surface area contributed by atoms with Gasteiger partial charge in [-0.3, -0.25) is 14.8 Å². The third-order valence-electron chi connectivity index (χ3n) is 6.71. The van der Waals surface area contributed by atoms with Crippen LogP contribution >= 0.6 is 0 Å². The zero-order chi connectivity index (χ0) is 25.8. The number of hydrogen-bond donors (Lipinski definition) is 2. The number of aromatic nitrogens is 4. The van der Waals surface area contributed by atoms with E-state index in [1.165, 1.54) is 0 Å². The lowest BCUT2D eigenvalue weighted by atomic mass is 10.0. The van der Waals surface area contributed by atoms with Crippen LogP contribution in [0.4, 0.5) is 0 Å². The molecule has 1 fully saturated rings. The molecule has 1 aromatic carbocycles. The molecule has 1 aliphatic rings. The quantitative estimate of drug-likeness (QED) is 0.379. The van der Waals surface area contributed by atoms with Gasteiger partial charge in [0.1, 0.15) is 5.69 Å². The van der Waals surface area contributed by atoms with E-state index >= 15 is 0 Å². The second-order valence-electron chi connectivity index (χ2n) is 9.53. The lowest BCUT2D eigenvalue weighted by molar-refractivity contribution is 0.0785. The molecule has 1 saturated heterocycles. The molecular weight excluding hydrogens is 468 g/mol. The highest BCUT2D eigenvalue weighted by Crippen LogP contribution is 2.27. The molecule has 3 aromatic heterocycles. The number of carbonyl (C=O) groups excluding carboxylic acids is 1. The number of nitrogens with one attached hydrogen (secondary N) is 1. The van der Waals surface area contributed by atoms with E-state index < -0.39 is 6.10 Å². The molecule has 37 heavy (non-hydrogen) atoms. The van der Waals surface area contributed by atoms with Gasteiger partial charge >= 0.3 is 0 Å². The minimum Gasteiger partial charge on any atom is -0.387 e. The summed E-state index contributed by atoms with van der Waals surface area (Å²) in [4.78, 5) is 27.2. The van der Waals surface area contributed by atoms with Crippen molar-refractivity contribution in [1.82, 2.24) is 30.3 Å². The van der Waals surface area contributed by atoms with E-state index in [1.54, 1.807) is 43.5 Å². The van der Waals surface area contributed by atoms with Crippen molar-refractivity contribution in [2.45, 2.75) is 50.9 Å². The summed E-state index contributed by atoms with van der Waals surface area (Å²) in [7, 11) is 1.80. The van der Waals surface area contributed by atoms with Crippen LogP contribution in [0.15, 0.2) is 71.6 Å². The Morgan fingerprint density at radius 2 is 1.97 bits per heavy atom. The Morgan fingerprint density at radius 1 is 1.14 bits per heavy atom. The van der Waals surface area contributed by atoms with Crippen molar-refractivity contribution in [3.8, 4) is 11.5 Å². The first-order chi connectivity index (χ1) is 18.0. The summed E-state index contributed by atoms with van der Waals surface area (Å²) in [6.07, 6.45) is 7.17. The number of aliphatic hydroxyl groups is 1. The van der Waals surface area contributed by atoms with Crippen LogP contribution in [0, 0.1) is 6.92 Å². The average Bonchev–Trinajstić information content (AvgIpc) is 3.58. The second kappa shape index (κ2) is 11.0. The van der Waals surface area contributed by atoms with Crippen molar-refractivity contribution >= 4 is 5.91 Å². The van der Waals surface area contributed by atoms with Crippen molar-refractivity contribution in [3.63, 3.8) is 0 Å². The largest absolute Gasteiger partial charge is 0.387 e. The summed E-state index contributed by atoms with van der Waals surface area (Å²) in [5.74, 6) is 0.897. The molecule has 0 radical (unpaired) electrons. The zero-order valence-electron chi connectivity index (χ0n) is 20.9. The third-order valence-corrected chi connectivity index (χ3v) is 6.71. The zero-order valence-corrected chi connectivity index (χ0v) is 20.9. The predicted molar refractivity (Wildman–Crippen MR) is 137 cm³/mol. The van der Waals surface area contributed by atoms with Crippen molar-refractivity contribution in [2.75, 3.05) is 7.05 Å². The van der Waals surface area contributed by atoms with Gasteiger partial charge in [-0.15, -0.1) is 0 Å². The van der Waals surface area contributed by atoms with E-state index in [1.807, 2.05) is 42.5 Å². The predicted octanol–water partition coefficient (Wildman–Crippen LogP) is 3.50. The van der Waals surface area contributed by atoms with Crippen LogP contribution in [0.2, 0.25) is 0 Å². The van der Waals surface area contributed by atoms with E-state index in [2.05, 4.69) is 25.4 Å². The first kappa shape index (κ1) is 24.7. The number of aryl methyl sites for hydroxylation is 1. The molecule has 2 N–H and O–H groups in total. The first-order valence-electron chi connectivity index (χ1n) is 12.4. The Morgan fingerprint density at radius 3 is 2.65 bits per heavy atom. The van der Waals surface area contributed by atoms with Crippen LogP contribution in [-0.2, 0) is 13.0 Å². The number of rotatable bonds is 8. The van der Waals surface area contributed by atoms with Crippen molar-refractivity contribution < 1.29 is 14.4 Å². The maximum Gasteiger partial charge on any atom is 0.253 e. The van der Waals surface area contributed by atoms with Gasteiger partial charge in [0.25, 0.3) is 5.91 Å². The number of hydrogen-bond acceptors (Lipinski definition) is 8. The van der Waals surface area contributed by atoms with Gasteiger partial charge in [-0.05, 0) is 54.7 Å². The molecule has 3 atom stereocenters. The van der Waals surface area contributed by atoms with E-state index in [-0.39, 0.29) is 18.0 Å². The molecule has 5 rings (SSSR count). The van der Waals surface area contributed by atoms with Gasteiger partial charge in [-0.25, -0.2) is 0 Å². The Kier molecular flexibility index (Phi) is 7.34. The van der Waals surface area contributed by atoms with Crippen LogP contribution in [-0.4, -0.2) is 55.2 Å². The molecular formula is C28H30N6O3. The Bertz CT molecular complexity index is 1320. The van der Waals surface area contributed by atoms with Gasteiger partial charge in [0.15, 0.2) is 0 Å². The lowest BCUT2D eigenvalue weighted by Crippen LogP contribution is -2.35. The van der Waals surface area contributed by atoms with Crippen LogP contribution < -0.4 is 5.32 Å². The van der Waals surface area contributed by atoms with E-state index in [0.717, 1.165) is 36.0 Å². The van der Waals surface area contributed by atoms with E-state index in [9.17, 15) is 9.90 Å². The minimum absolute atomic E-state index is 0.0216. The summed E-state index contributed by atoms with van der Waals surface area (Å²) in [5.41, 5.74) is 4.17. The molecule has 0 unspecified atom stereocenters. The molecule has 190 valence electrons. The number of benzene rings is 1. The maximum atomic E-state index is 12.8. The molecule has 0 bridgehead atoms. The molecule has 1 amide bonds. The van der Waals surface area contributed by atoms with Crippen LogP contribution in [0.25, 0.3) is 11.5 Å². The van der Waals surface area contributed by atoms with Crippen LogP contribution in [0.3, 0.4) is 0 Å². The standard InChI is InChI=1S/C28H30N6O3/c1-18-31-27(33-37-18)25-11-9-22(16-30-25)26(35)24-12-10-23(32-24)14-19-5-7-21(8-6-19)28(36)34(2)17-20-4-3-13-29-15-20/h3-9,11,13,15-16,23-24,26,32,35H,10,12,14,17H2,1-2H3/t23-,24+,26+/m0/s1. The fourth-order valence-corrected chi connectivity index (χ4v) is 4.73. The third kappa shape index (κ3) is 5.90. The van der Waals surface area contributed by atoms with Gasteiger partial charge in [0.05, 0.1) is 6.10 Å². The molecule has 0 aliphatic carbocycles. The molecule has 1 aliphatic heterocycles. The summed E-state index contributed by atoms with van der Waals surface area (Å²) in [6, 6.07) is 15.5. The fourth-order valence-electron chi connectivity index (χ4n) is 4.73. The number of aliphatic hydroxyl groups excluding tert-OH is 1. The SMILES string of the molecule is Cc1nc(-c2ccc([C@@H](O)[C@H]3CC[C@@H](Cc4ccc(C(=O)N(C)Cc5cccnc5)cc4)N3)cn2)no1. The highest BCUT2D eigenvalue weighted by molar-refractivity contribution is 5.94. The average molecular weight is 499 g/mol. The second-order valence-corrected chi connectivity index (χ2v) is 9.53. The minimum atomic E-state index is -0.658. The normalized spacial score (nSPS) is 18.0. The van der Waals surface area contributed by atoms with Gasteiger partial charge in [-0.2, -0.15) is 4.98 Å². The van der Waals surface area contributed by atoms with Crippen LogP contribution in [0.5, 0.6) is 0 Å². The summed E-state index contributed by atoms with van der Waals surface area (Å²) < 4.78 is 5.01. The molecule has 9 nitrogen and oxygen atoms in total. The Hall–Kier alpha value is -3.95. The van der Waals surface area contributed by atoms with Gasteiger partial charge in [0.2, 0.25) is 11.7 Å². The highest BCUT2D eigenvalue weighted by Gasteiger charge is 2.30. The van der Waals surface area contributed by atoms with Crippen molar-refractivity contribution in [2.24, 2.45) is 0 Å². The number of carbonyl (C=O) groups is 1.